The Hall–Kier alpha value is -2.27. The van der Waals surface area contributed by atoms with E-state index in [1.807, 2.05) is 0 Å². The van der Waals surface area contributed by atoms with E-state index in [1.165, 1.54) is 10.6 Å². The van der Waals surface area contributed by atoms with Crippen LogP contribution in [0.5, 0.6) is 0 Å². The van der Waals surface area contributed by atoms with Crippen LogP contribution in [0.3, 0.4) is 0 Å². The monoisotopic (exact) mass is 408 g/mol. The van der Waals surface area contributed by atoms with Crippen LogP contribution < -0.4 is 0 Å². The molecule has 0 atom stereocenters. The number of hydrogen-bond acceptors (Lipinski definition) is 7. The summed E-state index contributed by atoms with van der Waals surface area (Å²) in [6.07, 6.45) is 6.47. The van der Waals surface area contributed by atoms with Crippen LogP contribution in [0, 0.1) is 5.92 Å². The Kier molecular flexibility index (Phi) is 4.96. The van der Waals surface area contributed by atoms with Crippen LogP contribution in [0.25, 0.3) is 0 Å². The molecule has 2 saturated heterocycles. The highest BCUT2D eigenvalue weighted by atomic mass is 32.2. The Balaban J connectivity index is 1.27. The Labute approximate surface area is 163 Å². The molecule has 152 valence electrons. The molecule has 4 rings (SSSR count). The highest BCUT2D eigenvalue weighted by Crippen LogP contribution is 2.28. The molecule has 0 aromatic carbocycles. The van der Waals surface area contributed by atoms with E-state index in [1.54, 1.807) is 29.0 Å². The summed E-state index contributed by atoms with van der Waals surface area (Å²) in [6.45, 7) is 2.30. The van der Waals surface area contributed by atoms with E-state index >= 15 is 0 Å². The number of carbonyl (C=O) groups is 1. The number of sulfonamides is 1. The maximum absolute atomic E-state index is 12.4. The lowest BCUT2D eigenvalue weighted by Gasteiger charge is -2.38. The van der Waals surface area contributed by atoms with Gasteiger partial charge in [0.05, 0.1) is 18.8 Å². The van der Waals surface area contributed by atoms with Crippen LogP contribution in [0.15, 0.2) is 17.0 Å². The van der Waals surface area contributed by atoms with Gasteiger partial charge in [0, 0.05) is 51.5 Å². The van der Waals surface area contributed by atoms with Gasteiger partial charge in [-0.3, -0.25) is 4.79 Å². The van der Waals surface area contributed by atoms with Gasteiger partial charge in [0.25, 0.3) is 5.91 Å². The van der Waals surface area contributed by atoms with Gasteiger partial charge in [0.15, 0.2) is 5.82 Å². The summed E-state index contributed by atoms with van der Waals surface area (Å²) in [6, 6.07) is 0. The average Bonchev–Trinajstić information content (AvgIpc) is 3.25. The van der Waals surface area contributed by atoms with Crippen LogP contribution in [-0.2, 0) is 23.5 Å². The van der Waals surface area contributed by atoms with Gasteiger partial charge in [0.1, 0.15) is 5.69 Å². The van der Waals surface area contributed by atoms with Gasteiger partial charge in [-0.05, 0) is 12.8 Å². The number of nitrogens with zero attached hydrogens (tertiary/aromatic N) is 6. The van der Waals surface area contributed by atoms with Crippen molar-refractivity contribution in [2.45, 2.75) is 25.2 Å². The Morgan fingerprint density at radius 2 is 2.00 bits per heavy atom. The van der Waals surface area contributed by atoms with Crippen LogP contribution in [-0.4, -0.2) is 75.7 Å². The number of piperidine rings is 1. The smallest absolute Gasteiger partial charge is 0.272 e. The number of imidazole rings is 1. The number of rotatable bonds is 5. The van der Waals surface area contributed by atoms with E-state index in [0.717, 1.165) is 0 Å². The van der Waals surface area contributed by atoms with Crippen molar-refractivity contribution in [2.24, 2.45) is 13.0 Å². The summed E-state index contributed by atoms with van der Waals surface area (Å²) in [5, 5.41) is 4.10. The maximum Gasteiger partial charge on any atom is 0.272 e. The molecule has 0 N–H and O–H groups in total. The first-order chi connectivity index (χ1) is 13.3. The molecular formula is C17H24N6O4S. The summed E-state index contributed by atoms with van der Waals surface area (Å²) in [5.74, 6) is 1.65. The van der Waals surface area contributed by atoms with Crippen molar-refractivity contribution in [1.82, 2.24) is 28.9 Å². The largest absolute Gasteiger partial charge is 0.339 e. The van der Waals surface area contributed by atoms with Gasteiger partial charge in [-0.1, -0.05) is 5.16 Å². The molecule has 0 spiro atoms. The molecule has 0 saturated carbocycles. The first-order valence-corrected chi connectivity index (χ1v) is 11.2. The Morgan fingerprint density at radius 3 is 2.61 bits per heavy atom. The minimum atomic E-state index is -3.14. The highest BCUT2D eigenvalue weighted by molar-refractivity contribution is 7.88. The van der Waals surface area contributed by atoms with Crippen molar-refractivity contribution in [3.8, 4) is 0 Å². The molecule has 11 heteroatoms. The summed E-state index contributed by atoms with van der Waals surface area (Å²) in [4.78, 5) is 22.7. The molecule has 28 heavy (non-hydrogen) atoms. The summed E-state index contributed by atoms with van der Waals surface area (Å²) >= 11 is 0. The predicted molar refractivity (Wildman–Crippen MR) is 99.0 cm³/mol. The van der Waals surface area contributed by atoms with Crippen LogP contribution in [0.2, 0.25) is 0 Å². The number of amides is 1. The number of carbonyl (C=O) groups excluding carboxylic acids is 1. The molecular weight excluding hydrogens is 384 g/mol. The summed E-state index contributed by atoms with van der Waals surface area (Å²) in [5.41, 5.74) is 0.582. The Bertz CT molecular complexity index is 954. The van der Waals surface area contributed by atoms with Gasteiger partial charge in [-0.25, -0.2) is 17.7 Å². The van der Waals surface area contributed by atoms with Gasteiger partial charge < -0.3 is 14.0 Å². The third kappa shape index (κ3) is 3.81. The maximum atomic E-state index is 12.4. The zero-order valence-electron chi connectivity index (χ0n) is 16.0. The number of aromatic nitrogens is 4. The van der Waals surface area contributed by atoms with Crippen molar-refractivity contribution in [2.75, 3.05) is 32.4 Å². The van der Waals surface area contributed by atoms with E-state index in [4.69, 9.17) is 4.52 Å². The molecule has 0 aliphatic carbocycles. The van der Waals surface area contributed by atoms with E-state index in [2.05, 4.69) is 15.1 Å². The second-order valence-corrected chi connectivity index (χ2v) is 9.64. The second-order valence-electron chi connectivity index (χ2n) is 7.65. The molecule has 4 heterocycles. The lowest BCUT2D eigenvalue weighted by Crippen LogP contribution is -2.51. The van der Waals surface area contributed by atoms with Gasteiger partial charge in [0.2, 0.25) is 15.9 Å². The van der Waals surface area contributed by atoms with Crippen LogP contribution >= 0.6 is 0 Å². The molecule has 2 aromatic rings. The highest BCUT2D eigenvalue weighted by Gasteiger charge is 2.34. The van der Waals surface area contributed by atoms with E-state index in [-0.39, 0.29) is 11.8 Å². The SMILES string of the molecule is Cn1cncc1C(=O)N1CC(Cc2nc(C3CCN(S(C)(=O)=O)CC3)no2)C1. The standard InChI is InChI=1S/C17H24N6O4S/c1-21-11-18-8-14(21)17(24)22-9-12(10-22)7-15-19-16(20-27-15)13-3-5-23(6-4-13)28(2,25)26/h8,11-13H,3-7,9-10H2,1-2H3. The number of aryl methyl sites for hydroxylation is 1. The third-order valence-corrected chi connectivity index (χ3v) is 6.82. The van der Waals surface area contributed by atoms with Crippen molar-refractivity contribution >= 4 is 15.9 Å². The molecule has 1 amide bonds. The van der Waals surface area contributed by atoms with Crippen molar-refractivity contribution in [3.05, 3.63) is 29.9 Å². The van der Waals surface area contributed by atoms with Crippen LogP contribution in [0.1, 0.15) is 41.0 Å². The quantitative estimate of drug-likeness (QED) is 0.697. The molecule has 10 nitrogen and oxygen atoms in total. The molecule has 2 aromatic heterocycles. The van der Waals surface area contributed by atoms with Crippen molar-refractivity contribution < 1.29 is 17.7 Å². The Morgan fingerprint density at radius 1 is 1.29 bits per heavy atom. The lowest BCUT2D eigenvalue weighted by atomic mass is 9.95. The minimum absolute atomic E-state index is 0.0138. The van der Waals surface area contributed by atoms with E-state index < -0.39 is 10.0 Å². The summed E-state index contributed by atoms with van der Waals surface area (Å²) < 4.78 is 31.8. The third-order valence-electron chi connectivity index (χ3n) is 5.52. The molecule has 0 bridgehead atoms. The zero-order valence-corrected chi connectivity index (χ0v) is 16.8. The van der Waals surface area contributed by atoms with Gasteiger partial charge in [-0.2, -0.15) is 4.98 Å². The van der Waals surface area contributed by atoms with E-state index in [0.29, 0.717) is 68.8 Å². The predicted octanol–water partition coefficient (Wildman–Crippen LogP) is 0.257. The minimum Gasteiger partial charge on any atom is -0.339 e. The average molecular weight is 408 g/mol. The van der Waals surface area contributed by atoms with Crippen LogP contribution in [0.4, 0.5) is 0 Å². The number of likely N-dealkylation sites (tertiary alicyclic amines) is 1. The lowest BCUT2D eigenvalue weighted by molar-refractivity contribution is 0.0477. The molecule has 2 aliphatic heterocycles. The topological polar surface area (TPSA) is 114 Å². The fourth-order valence-corrected chi connectivity index (χ4v) is 4.67. The fraction of sp³-hybridized carbons (Fsp3) is 0.647. The zero-order chi connectivity index (χ0) is 19.9. The summed E-state index contributed by atoms with van der Waals surface area (Å²) in [7, 11) is -1.33. The molecule has 0 radical (unpaired) electrons. The molecule has 0 unspecified atom stereocenters. The van der Waals surface area contributed by atoms with Crippen molar-refractivity contribution in [1.29, 1.82) is 0 Å². The number of hydrogen-bond donors (Lipinski definition) is 0. The van der Waals surface area contributed by atoms with Gasteiger partial charge >= 0.3 is 0 Å². The van der Waals surface area contributed by atoms with E-state index in [9.17, 15) is 13.2 Å². The molecule has 2 fully saturated rings. The fourth-order valence-electron chi connectivity index (χ4n) is 3.80. The first-order valence-electron chi connectivity index (χ1n) is 9.34. The normalized spacial score (nSPS) is 19.7. The first kappa shape index (κ1) is 19.1. The second kappa shape index (κ2) is 7.28. The van der Waals surface area contributed by atoms with Crippen molar-refractivity contribution in [3.63, 3.8) is 0 Å². The van der Waals surface area contributed by atoms with Gasteiger partial charge in [-0.15, -0.1) is 0 Å². The molecule has 2 aliphatic rings.